The minimum absolute atomic E-state index is 0.145. The fourth-order valence-electron chi connectivity index (χ4n) is 4.94. The molecule has 4 aromatic carbocycles. The molecule has 6 rings (SSSR count). The fourth-order valence-corrected chi connectivity index (χ4v) is 4.94. The van der Waals surface area contributed by atoms with Crippen molar-refractivity contribution in [1.82, 2.24) is 9.78 Å². The van der Waals surface area contributed by atoms with Crippen LogP contribution < -0.4 is 14.5 Å². The molecule has 0 aliphatic carbocycles. The Labute approximate surface area is 226 Å². The van der Waals surface area contributed by atoms with Crippen molar-refractivity contribution in [2.75, 3.05) is 19.2 Å². The molecule has 1 aliphatic heterocycles. The van der Waals surface area contributed by atoms with Crippen molar-refractivity contribution in [2.45, 2.75) is 12.5 Å². The molecule has 7 heteroatoms. The van der Waals surface area contributed by atoms with Gasteiger partial charge in [-0.05, 0) is 60.2 Å². The number of ether oxygens (including phenoxy) is 2. The summed E-state index contributed by atoms with van der Waals surface area (Å²) in [5.41, 5.74) is 6.43. The summed E-state index contributed by atoms with van der Waals surface area (Å²) in [6.45, 7) is 0. The van der Waals surface area contributed by atoms with Crippen molar-refractivity contribution in [3.63, 3.8) is 0 Å². The Morgan fingerprint density at radius 2 is 1.38 bits per heavy atom. The molecular weight excluding hydrogens is 491 g/mol. The molecule has 0 saturated carbocycles. The van der Waals surface area contributed by atoms with Gasteiger partial charge < -0.3 is 9.47 Å². The van der Waals surface area contributed by atoms with Crippen LogP contribution in [0.15, 0.2) is 114 Å². The summed E-state index contributed by atoms with van der Waals surface area (Å²) in [5, 5.41) is 12.1. The third-order valence-corrected chi connectivity index (χ3v) is 6.89. The van der Waals surface area contributed by atoms with E-state index >= 15 is 0 Å². The maximum atomic E-state index is 13.7. The lowest BCUT2D eigenvalue weighted by molar-refractivity contribution is 0.355. The number of benzene rings is 4. The van der Waals surface area contributed by atoms with Crippen LogP contribution in [-0.2, 0) is 0 Å². The Morgan fingerprint density at radius 1 is 0.744 bits per heavy atom. The molecular formula is C32H27FN4O2. The average Bonchev–Trinajstić information content (AvgIpc) is 3.63. The van der Waals surface area contributed by atoms with Crippen LogP contribution in [0.5, 0.6) is 11.5 Å². The highest BCUT2D eigenvalue weighted by Crippen LogP contribution is 2.42. The highest BCUT2D eigenvalue weighted by Gasteiger charge is 2.33. The molecule has 0 bridgehead atoms. The van der Waals surface area contributed by atoms with Gasteiger partial charge in [0.15, 0.2) is 11.5 Å². The van der Waals surface area contributed by atoms with Crippen LogP contribution in [0, 0.1) is 5.82 Å². The molecule has 1 aliphatic rings. The topological polar surface area (TPSA) is 51.9 Å². The first kappa shape index (κ1) is 24.4. The molecule has 5 aromatic rings. The minimum atomic E-state index is -0.270. The summed E-state index contributed by atoms with van der Waals surface area (Å²) in [6, 6.07) is 32.3. The van der Waals surface area contributed by atoms with Gasteiger partial charge in [0.25, 0.3) is 0 Å². The van der Waals surface area contributed by atoms with Crippen molar-refractivity contribution in [3.05, 3.63) is 126 Å². The van der Waals surface area contributed by atoms with Gasteiger partial charge in [-0.15, -0.1) is 0 Å². The molecule has 0 radical (unpaired) electrons. The van der Waals surface area contributed by atoms with Gasteiger partial charge in [0.2, 0.25) is 0 Å². The predicted octanol–water partition coefficient (Wildman–Crippen LogP) is 7.05. The first-order chi connectivity index (χ1) is 19.1. The summed E-state index contributed by atoms with van der Waals surface area (Å²) >= 11 is 0. The molecule has 0 fully saturated rings. The van der Waals surface area contributed by atoms with Crippen molar-refractivity contribution < 1.29 is 13.9 Å². The number of nitrogens with zero attached hydrogens (tertiary/aromatic N) is 4. The van der Waals surface area contributed by atoms with E-state index in [2.05, 4.69) is 6.20 Å². The largest absolute Gasteiger partial charge is 0.493 e. The highest BCUT2D eigenvalue weighted by molar-refractivity contribution is 6.03. The van der Waals surface area contributed by atoms with Gasteiger partial charge in [-0.25, -0.2) is 9.07 Å². The molecule has 1 atom stereocenters. The Kier molecular flexibility index (Phi) is 6.55. The monoisotopic (exact) mass is 518 g/mol. The van der Waals surface area contributed by atoms with E-state index < -0.39 is 0 Å². The maximum absolute atomic E-state index is 13.7. The molecule has 6 nitrogen and oxygen atoms in total. The third kappa shape index (κ3) is 4.75. The van der Waals surface area contributed by atoms with E-state index in [0.717, 1.165) is 39.5 Å². The molecule has 2 heterocycles. The number of halogens is 1. The number of hydrazone groups is 1. The molecule has 0 unspecified atom stereocenters. The van der Waals surface area contributed by atoms with Crippen LogP contribution in [0.2, 0.25) is 0 Å². The second-order valence-electron chi connectivity index (χ2n) is 9.24. The number of anilines is 1. The highest BCUT2D eigenvalue weighted by atomic mass is 19.1. The summed E-state index contributed by atoms with van der Waals surface area (Å²) in [5.74, 6) is 1.01. The number of para-hydroxylation sites is 2. The van der Waals surface area contributed by atoms with E-state index in [-0.39, 0.29) is 11.9 Å². The molecule has 194 valence electrons. The Hall–Kier alpha value is -4.91. The first-order valence-corrected chi connectivity index (χ1v) is 12.7. The number of hydrogen-bond donors (Lipinski definition) is 0. The van der Waals surface area contributed by atoms with Crippen LogP contribution in [0.25, 0.3) is 16.9 Å². The Bertz CT molecular complexity index is 1620. The van der Waals surface area contributed by atoms with E-state index in [1.807, 2.05) is 88.6 Å². The van der Waals surface area contributed by atoms with E-state index in [4.69, 9.17) is 19.7 Å². The van der Waals surface area contributed by atoms with E-state index in [1.165, 1.54) is 12.1 Å². The summed E-state index contributed by atoms with van der Waals surface area (Å²) in [7, 11) is 3.25. The van der Waals surface area contributed by atoms with Crippen molar-refractivity contribution in [3.8, 4) is 28.4 Å². The van der Waals surface area contributed by atoms with Crippen LogP contribution in [0.3, 0.4) is 0 Å². The average molecular weight is 519 g/mol. The SMILES string of the molecule is COc1ccc(-c2nn(-c3ccccc3)cc2[C@H]2CC(c3ccc(F)cc3)=NN2c2ccccc2)cc1OC. The van der Waals surface area contributed by atoms with Crippen molar-refractivity contribution in [2.24, 2.45) is 5.10 Å². The van der Waals surface area contributed by atoms with E-state index in [1.54, 1.807) is 26.4 Å². The number of methoxy groups -OCH3 is 2. The molecule has 0 saturated heterocycles. The van der Waals surface area contributed by atoms with Gasteiger partial charge >= 0.3 is 0 Å². The lowest BCUT2D eigenvalue weighted by Gasteiger charge is -2.23. The maximum Gasteiger partial charge on any atom is 0.161 e. The first-order valence-electron chi connectivity index (χ1n) is 12.7. The van der Waals surface area contributed by atoms with Crippen LogP contribution in [-0.4, -0.2) is 29.7 Å². The molecule has 0 spiro atoms. The summed E-state index contributed by atoms with van der Waals surface area (Å²) in [4.78, 5) is 0. The molecule has 39 heavy (non-hydrogen) atoms. The lowest BCUT2D eigenvalue weighted by atomic mass is 9.96. The standard InChI is InChI=1S/C32H27FN4O2/c1-38-30-18-15-23(19-31(30)39-2)32-27(21-36(35-32)25-9-5-3-6-10-25)29-20-28(22-13-16-24(33)17-14-22)34-37(29)26-11-7-4-8-12-26/h3-19,21,29H,20H2,1-2H3/t29-/m1/s1. The van der Waals surface area contributed by atoms with Crippen LogP contribution >= 0.6 is 0 Å². The zero-order valence-corrected chi connectivity index (χ0v) is 21.7. The normalized spacial score (nSPS) is 14.8. The zero-order chi connectivity index (χ0) is 26.8. The van der Waals surface area contributed by atoms with Crippen molar-refractivity contribution in [1.29, 1.82) is 0 Å². The van der Waals surface area contributed by atoms with E-state index in [9.17, 15) is 4.39 Å². The molecule has 0 amide bonds. The van der Waals surface area contributed by atoms with Gasteiger partial charge in [0.05, 0.1) is 43.0 Å². The fraction of sp³-hybridized carbons (Fsp3) is 0.125. The van der Waals surface area contributed by atoms with Gasteiger partial charge in [-0.1, -0.05) is 48.5 Å². The van der Waals surface area contributed by atoms with Crippen LogP contribution in [0.4, 0.5) is 10.1 Å². The van der Waals surface area contributed by atoms with E-state index in [0.29, 0.717) is 17.9 Å². The van der Waals surface area contributed by atoms with Gasteiger partial charge in [0, 0.05) is 23.7 Å². The number of rotatable bonds is 7. The molecule has 0 N–H and O–H groups in total. The minimum Gasteiger partial charge on any atom is -0.493 e. The summed E-state index contributed by atoms with van der Waals surface area (Å²) < 4.78 is 26.7. The van der Waals surface area contributed by atoms with Crippen molar-refractivity contribution >= 4 is 11.4 Å². The van der Waals surface area contributed by atoms with Crippen LogP contribution in [0.1, 0.15) is 23.6 Å². The third-order valence-electron chi connectivity index (χ3n) is 6.89. The van der Waals surface area contributed by atoms with Gasteiger partial charge in [0.1, 0.15) is 5.82 Å². The lowest BCUT2D eigenvalue weighted by Crippen LogP contribution is -2.18. The zero-order valence-electron chi connectivity index (χ0n) is 21.7. The van der Waals surface area contributed by atoms with Gasteiger partial charge in [-0.3, -0.25) is 5.01 Å². The number of aromatic nitrogens is 2. The van der Waals surface area contributed by atoms with Gasteiger partial charge in [-0.2, -0.15) is 10.2 Å². The quantitative estimate of drug-likeness (QED) is 0.232. The second-order valence-corrected chi connectivity index (χ2v) is 9.24. The Balaban J connectivity index is 1.51. The second kappa shape index (κ2) is 10.5. The predicted molar refractivity (Wildman–Crippen MR) is 151 cm³/mol. The Morgan fingerprint density at radius 3 is 2.05 bits per heavy atom. The smallest absolute Gasteiger partial charge is 0.161 e. The summed E-state index contributed by atoms with van der Waals surface area (Å²) in [6.07, 6.45) is 2.70. The number of hydrogen-bond acceptors (Lipinski definition) is 5. The molecule has 1 aromatic heterocycles.